The highest BCUT2D eigenvalue weighted by Crippen LogP contribution is 2.32. The molecule has 3 aromatic carbocycles. The molecule has 3 aromatic rings. The number of carbonyl (C=O) groups excluding carboxylic acids is 3. The lowest BCUT2D eigenvalue weighted by Gasteiger charge is -2.28. The molecule has 0 aliphatic carbocycles. The van der Waals surface area contributed by atoms with Gasteiger partial charge in [-0.1, -0.05) is 60.7 Å². The molecular weight excluding hydrogens is 501 g/mol. The van der Waals surface area contributed by atoms with Gasteiger partial charge in [-0.2, -0.15) is 0 Å². The molecule has 1 atom stereocenters. The van der Waals surface area contributed by atoms with Crippen molar-refractivity contribution in [3.63, 3.8) is 0 Å². The van der Waals surface area contributed by atoms with Gasteiger partial charge in [0.2, 0.25) is 6.17 Å². The van der Waals surface area contributed by atoms with E-state index in [1.165, 1.54) is 11.0 Å². The Hall–Kier alpha value is -4.53. The van der Waals surface area contributed by atoms with E-state index in [1.54, 1.807) is 76.2 Å². The molecule has 0 saturated heterocycles. The summed E-state index contributed by atoms with van der Waals surface area (Å²) in [4.78, 5) is 45.3. The molecule has 0 aromatic heterocycles. The van der Waals surface area contributed by atoms with Crippen molar-refractivity contribution in [2.75, 3.05) is 11.4 Å². The highest BCUT2D eigenvalue weighted by Gasteiger charge is 2.36. The number of alkyl carbamates (subject to hydrolysis) is 1. The maximum absolute atomic E-state index is 15.0. The molecule has 0 saturated carbocycles. The molecule has 9 heteroatoms. The Balaban J connectivity index is 1.75. The van der Waals surface area contributed by atoms with Crippen LogP contribution >= 0.6 is 0 Å². The maximum Gasteiger partial charge on any atom is 0.409 e. The van der Waals surface area contributed by atoms with E-state index in [2.05, 4.69) is 10.3 Å². The van der Waals surface area contributed by atoms with Crippen LogP contribution in [0.15, 0.2) is 77.8 Å². The number of hydrogen-bond donors (Lipinski definition) is 1. The Morgan fingerprint density at radius 2 is 1.64 bits per heavy atom. The number of aryl methyl sites for hydroxylation is 1. The Morgan fingerprint density at radius 3 is 2.33 bits per heavy atom. The fourth-order valence-corrected chi connectivity index (χ4v) is 4.22. The number of rotatable bonds is 6. The van der Waals surface area contributed by atoms with E-state index in [0.29, 0.717) is 16.8 Å². The molecule has 1 N–H and O–H groups in total. The summed E-state index contributed by atoms with van der Waals surface area (Å²) in [5.41, 5.74) is 1.72. The van der Waals surface area contributed by atoms with Crippen LogP contribution < -0.4 is 10.2 Å². The zero-order valence-corrected chi connectivity index (χ0v) is 22.2. The number of aliphatic imine (C=N–C) groups is 1. The smallest absolute Gasteiger partial charge is 0.409 e. The third kappa shape index (κ3) is 6.67. The molecule has 4 rings (SSSR count). The molecule has 1 aliphatic rings. The summed E-state index contributed by atoms with van der Waals surface area (Å²) >= 11 is 0. The number of esters is 1. The van der Waals surface area contributed by atoms with Crippen LogP contribution in [0.3, 0.4) is 0 Å². The highest BCUT2D eigenvalue weighted by molar-refractivity contribution is 6.21. The fourth-order valence-electron chi connectivity index (χ4n) is 4.22. The fraction of sp³-hybridized carbons (Fsp3) is 0.267. The molecule has 39 heavy (non-hydrogen) atoms. The molecule has 0 spiro atoms. The Labute approximate surface area is 226 Å². The van der Waals surface area contributed by atoms with Gasteiger partial charge in [-0.25, -0.2) is 14.2 Å². The number of carbonyl (C=O) groups is 3. The monoisotopic (exact) mass is 531 g/mol. The van der Waals surface area contributed by atoms with Crippen molar-refractivity contribution in [3.05, 3.63) is 101 Å². The Bertz CT molecular complexity index is 1420. The van der Waals surface area contributed by atoms with Crippen LogP contribution in [0.5, 0.6) is 0 Å². The summed E-state index contributed by atoms with van der Waals surface area (Å²) < 4.78 is 25.8. The molecule has 0 bridgehead atoms. The van der Waals surface area contributed by atoms with Gasteiger partial charge in [0.1, 0.15) is 24.6 Å². The summed E-state index contributed by atoms with van der Waals surface area (Å²) in [7, 11) is 0. The van der Waals surface area contributed by atoms with Gasteiger partial charge in [-0.15, -0.1) is 0 Å². The van der Waals surface area contributed by atoms with E-state index >= 15 is 4.39 Å². The summed E-state index contributed by atoms with van der Waals surface area (Å²) in [5, 5.41) is 2.49. The second kappa shape index (κ2) is 11.5. The van der Waals surface area contributed by atoms with Gasteiger partial charge in [0.05, 0.1) is 11.4 Å². The number of amides is 2. The first kappa shape index (κ1) is 27.5. The normalized spacial score (nSPS) is 15.1. The van der Waals surface area contributed by atoms with Crippen molar-refractivity contribution in [2.45, 2.75) is 46.1 Å². The molecular formula is C30H30FN3O5. The molecule has 0 unspecified atom stereocenters. The number of fused-ring (bicyclic) bond motifs is 1. The zero-order valence-electron chi connectivity index (χ0n) is 22.2. The summed E-state index contributed by atoms with van der Waals surface area (Å²) in [6.45, 7) is 6.47. The Morgan fingerprint density at radius 1 is 0.974 bits per heavy atom. The summed E-state index contributed by atoms with van der Waals surface area (Å²) in [5.74, 6) is -1.90. The van der Waals surface area contributed by atoms with Crippen molar-refractivity contribution >= 4 is 29.4 Å². The van der Waals surface area contributed by atoms with Gasteiger partial charge in [-0.3, -0.25) is 19.8 Å². The number of hydrogen-bond acceptors (Lipinski definition) is 6. The van der Waals surface area contributed by atoms with E-state index in [9.17, 15) is 14.4 Å². The number of halogens is 1. The second-order valence-corrected chi connectivity index (χ2v) is 10.0. The van der Waals surface area contributed by atoms with Gasteiger partial charge in [-0.05, 0) is 51.0 Å². The third-order valence-electron chi connectivity index (χ3n) is 5.82. The van der Waals surface area contributed by atoms with Crippen LogP contribution in [0.2, 0.25) is 0 Å². The number of nitrogens with zero attached hydrogens (tertiary/aromatic N) is 2. The minimum absolute atomic E-state index is 0.0293. The lowest BCUT2D eigenvalue weighted by Crippen LogP contribution is -2.49. The quantitative estimate of drug-likeness (QED) is 0.456. The van der Waals surface area contributed by atoms with Crippen molar-refractivity contribution in [2.24, 2.45) is 4.99 Å². The van der Waals surface area contributed by atoms with Crippen LogP contribution in [-0.2, 0) is 25.7 Å². The van der Waals surface area contributed by atoms with Gasteiger partial charge in [0.15, 0.2) is 0 Å². The first-order chi connectivity index (χ1) is 18.5. The van der Waals surface area contributed by atoms with Crippen molar-refractivity contribution < 1.29 is 28.2 Å². The lowest BCUT2D eigenvalue weighted by atomic mass is 9.97. The molecule has 202 valence electrons. The van der Waals surface area contributed by atoms with Crippen molar-refractivity contribution in [3.8, 4) is 0 Å². The predicted molar refractivity (Wildman–Crippen MR) is 145 cm³/mol. The number of para-hydroxylation sites is 1. The number of anilines is 1. The summed E-state index contributed by atoms with van der Waals surface area (Å²) in [6, 6.07) is 20.3. The topological polar surface area (TPSA) is 97.3 Å². The van der Waals surface area contributed by atoms with E-state index in [1.807, 2.05) is 18.2 Å². The van der Waals surface area contributed by atoms with Crippen LogP contribution in [0.1, 0.15) is 43.0 Å². The van der Waals surface area contributed by atoms with Crippen LogP contribution in [-0.4, -0.2) is 42.0 Å². The number of ether oxygens (including phenoxy) is 2. The second-order valence-electron chi connectivity index (χ2n) is 10.0. The predicted octanol–water partition coefficient (Wildman–Crippen LogP) is 4.91. The maximum atomic E-state index is 15.0. The van der Waals surface area contributed by atoms with E-state index < -0.39 is 42.1 Å². The molecule has 8 nitrogen and oxygen atoms in total. The minimum atomic E-state index is -1.50. The van der Waals surface area contributed by atoms with Crippen LogP contribution in [0, 0.1) is 12.7 Å². The molecule has 1 heterocycles. The average Bonchev–Trinajstić information content (AvgIpc) is 2.98. The molecule has 2 amide bonds. The Kier molecular flexibility index (Phi) is 8.09. The highest BCUT2D eigenvalue weighted by atomic mass is 19.1. The van der Waals surface area contributed by atoms with Crippen LogP contribution in [0.4, 0.5) is 14.9 Å². The number of benzene rings is 3. The molecule has 0 radical (unpaired) electrons. The van der Waals surface area contributed by atoms with Gasteiger partial charge in [0.25, 0.3) is 5.91 Å². The number of benzodiazepines with no additional fused rings is 1. The lowest BCUT2D eigenvalue weighted by molar-refractivity contribution is -0.153. The molecule has 0 fully saturated rings. The van der Waals surface area contributed by atoms with Crippen LogP contribution in [0.25, 0.3) is 0 Å². The van der Waals surface area contributed by atoms with Crippen molar-refractivity contribution in [1.82, 2.24) is 5.32 Å². The first-order valence-electron chi connectivity index (χ1n) is 12.5. The van der Waals surface area contributed by atoms with Gasteiger partial charge >= 0.3 is 12.1 Å². The third-order valence-corrected chi connectivity index (χ3v) is 5.82. The minimum Gasteiger partial charge on any atom is -0.459 e. The largest absolute Gasteiger partial charge is 0.459 e. The summed E-state index contributed by atoms with van der Waals surface area (Å²) in [6.07, 6.45) is -2.40. The van der Waals surface area contributed by atoms with E-state index in [-0.39, 0.29) is 17.9 Å². The average molecular weight is 532 g/mol. The first-order valence-corrected chi connectivity index (χ1v) is 12.5. The van der Waals surface area contributed by atoms with E-state index in [4.69, 9.17) is 9.47 Å². The standard InChI is InChI=1S/C30H30FN3O5/c1-19-11-10-15-22-25(21-14-8-9-16-23(21)31)32-27(33-29(37)38-18-20-12-6-5-7-13-20)28(36)34(26(19)22)17-24(35)39-30(2,3)4/h5-16,27H,17-18H2,1-4H3,(H,33,37)/t27-/m1/s1. The zero-order chi connectivity index (χ0) is 28.2. The van der Waals surface area contributed by atoms with Gasteiger partial charge in [0, 0.05) is 11.1 Å². The molecule has 1 aliphatic heterocycles. The van der Waals surface area contributed by atoms with E-state index in [0.717, 1.165) is 5.56 Å². The SMILES string of the molecule is Cc1cccc2c1N(CC(=O)OC(C)(C)C)C(=O)[C@@H](NC(=O)OCc1ccccc1)N=C2c1ccccc1F. The number of nitrogens with one attached hydrogen (secondary N) is 1. The van der Waals surface area contributed by atoms with Gasteiger partial charge < -0.3 is 9.47 Å². The van der Waals surface area contributed by atoms with Crippen molar-refractivity contribution in [1.29, 1.82) is 0 Å².